The molecular formula is C25H24ClF6N3O. The molecule has 11 heteroatoms. The van der Waals surface area contributed by atoms with Gasteiger partial charge in [-0.15, -0.1) is 12.4 Å². The zero-order chi connectivity index (χ0) is 25.2. The van der Waals surface area contributed by atoms with Gasteiger partial charge in [-0.2, -0.15) is 26.3 Å². The third-order valence-electron chi connectivity index (χ3n) is 7.06. The van der Waals surface area contributed by atoms with Gasteiger partial charge in [-0.1, -0.05) is 37.2 Å². The lowest BCUT2D eigenvalue weighted by Gasteiger charge is -2.39. The number of H-pyrrole nitrogens is 1. The minimum Gasteiger partial charge on any atom is -0.388 e. The average molecular weight is 532 g/mol. The molecule has 0 amide bonds. The summed E-state index contributed by atoms with van der Waals surface area (Å²) in [6, 6.07) is 6.54. The second kappa shape index (κ2) is 8.68. The van der Waals surface area contributed by atoms with E-state index in [1.165, 1.54) is 18.2 Å². The fraction of sp³-hybridized carbons (Fsp3) is 0.440. The van der Waals surface area contributed by atoms with Crippen molar-refractivity contribution in [3.05, 3.63) is 53.3 Å². The number of nitrogens with zero attached hydrogens (tertiary/aromatic N) is 2. The van der Waals surface area contributed by atoms with Crippen molar-refractivity contribution < 1.29 is 31.2 Å². The first kappa shape index (κ1) is 26.3. The van der Waals surface area contributed by atoms with Crippen LogP contribution in [-0.4, -0.2) is 21.3 Å². The first-order chi connectivity index (χ1) is 16.3. The molecule has 3 aromatic rings. The summed E-state index contributed by atoms with van der Waals surface area (Å²) in [7, 11) is 0. The van der Waals surface area contributed by atoms with Crippen LogP contribution in [0.4, 0.5) is 26.3 Å². The van der Waals surface area contributed by atoms with Crippen molar-refractivity contribution in [2.24, 2.45) is 10.6 Å². The highest BCUT2D eigenvalue weighted by atomic mass is 35.5. The summed E-state index contributed by atoms with van der Waals surface area (Å²) in [5, 5.41) is 4.14. The third kappa shape index (κ3) is 4.79. The molecular weight excluding hydrogens is 508 g/mol. The van der Waals surface area contributed by atoms with Crippen LogP contribution in [0.25, 0.3) is 22.2 Å². The van der Waals surface area contributed by atoms with Gasteiger partial charge in [-0.05, 0) is 60.4 Å². The Balaban J connectivity index is 0.00000304. The van der Waals surface area contributed by atoms with E-state index in [2.05, 4.69) is 29.0 Å². The highest BCUT2D eigenvalue weighted by Crippen LogP contribution is 2.47. The van der Waals surface area contributed by atoms with Crippen LogP contribution in [0.5, 0.6) is 0 Å². The Hall–Kier alpha value is -2.75. The molecule has 1 N–H and O–H groups in total. The van der Waals surface area contributed by atoms with Gasteiger partial charge in [0, 0.05) is 6.42 Å². The van der Waals surface area contributed by atoms with Gasteiger partial charge in [-0.3, -0.25) is 0 Å². The number of aromatic nitrogens is 2. The molecule has 1 aliphatic carbocycles. The normalized spacial score (nSPS) is 19.2. The number of hydrogen-bond donors (Lipinski definition) is 1. The number of halogens is 7. The SMILES string of the molecule is CC1(C)CCC2(CC1)CC(c1nc3c(C(F)(F)F)cc(-c4ccccc4C(F)(F)F)cc3[nH]1)=NO2.Cl. The Morgan fingerprint density at radius 3 is 2.17 bits per heavy atom. The van der Waals surface area contributed by atoms with Crippen LogP contribution in [0.3, 0.4) is 0 Å². The number of alkyl halides is 6. The number of fused-ring (bicyclic) bond motifs is 1. The zero-order valence-corrected chi connectivity index (χ0v) is 20.3. The maximum atomic E-state index is 14.0. The van der Waals surface area contributed by atoms with Gasteiger partial charge in [-0.25, -0.2) is 4.98 Å². The topological polar surface area (TPSA) is 50.3 Å². The summed E-state index contributed by atoms with van der Waals surface area (Å²) < 4.78 is 82.5. The highest BCUT2D eigenvalue weighted by Gasteiger charge is 2.45. The molecule has 0 radical (unpaired) electrons. The minimum atomic E-state index is -4.82. The first-order valence-electron chi connectivity index (χ1n) is 11.3. The van der Waals surface area contributed by atoms with Crippen LogP contribution in [0.15, 0.2) is 41.6 Å². The van der Waals surface area contributed by atoms with E-state index in [1.807, 2.05) is 0 Å². The van der Waals surface area contributed by atoms with Crippen molar-refractivity contribution in [1.29, 1.82) is 0 Å². The molecule has 1 aliphatic heterocycles. The molecule has 0 atom stereocenters. The Kier molecular flexibility index (Phi) is 6.34. The summed E-state index contributed by atoms with van der Waals surface area (Å²) >= 11 is 0. The van der Waals surface area contributed by atoms with E-state index >= 15 is 0 Å². The molecule has 2 aliphatic rings. The molecule has 1 spiro atoms. The zero-order valence-electron chi connectivity index (χ0n) is 19.5. The van der Waals surface area contributed by atoms with E-state index in [0.29, 0.717) is 12.1 Å². The Labute approximate surface area is 209 Å². The van der Waals surface area contributed by atoms with Gasteiger partial charge < -0.3 is 9.82 Å². The lowest BCUT2D eigenvalue weighted by molar-refractivity contribution is -0.137. The molecule has 1 fully saturated rings. The number of nitrogens with one attached hydrogen (secondary N) is 1. The molecule has 0 bridgehead atoms. The molecule has 194 valence electrons. The maximum Gasteiger partial charge on any atom is 0.418 e. The average Bonchev–Trinajstić information content (AvgIpc) is 3.39. The lowest BCUT2D eigenvalue weighted by atomic mass is 9.69. The van der Waals surface area contributed by atoms with Crippen LogP contribution in [-0.2, 0) is 17.2 Å². The molecule has 0 unspecified atom stereocenters. The van der Waals surface area contributed by atoms with Crippen LogP contribution in [0, 0.1) is 5.41 Å². The smallest absolute Gasteiger partial charge is 0.388 e. The minimum absolute atomic E-state index is 0. The number of hydrogen-bond acceptors (Lipinski definition) is 3. The molecule has 4 nitrogen and oxygen atoms in total. The van der Waals surface area contributed by atoms with Gasteiger partial charge in [0.1, 0.15) is 16.8 Å². The molecule has 1 saturated carbocycles. The van der Waals surface area contributed by atoms with Crippen LogP contribution in [0.2, 0.25) is 0 Å². The number of aromatic amines is 1. The van der Waals surface area contributed by atoms with Crippen molar-refractivity contribution in [2.45, 2.75) is 63.9 Å². The van der Waals surface area contributed by atoms with Gasteiger partial charge in [0.05, 0.1) is 16.6 Å². The fourth-order valence-electron chi connectivity index (χ4n) is 4.91. The van der Waals surface area contributed by atoms with E-state index in [9.17, 15) is 26.3 Å². The van der Waals surface area contributed by atoms with Crippen molar-refractivity contribution in [1.82, 2.24) is 9.97 Å². The first-order valence-corrected chi connectivity index (χ1v) is 11.3. The van der Waals surface area contributed by atoms with E-state index < -0.39 is 29.1 Å². The predicted octanol–water partition coefficient (Wildman–Crippen LogP) is 8.15. The molecule has 1 aromatic heterocycles. The Morgan fingerprint density at radius 2 is 1.53 bits per heavy atom. The van der Waals surface area contributed by atoms with Crippen LogP contribution >= 0.6 is 12.4 Å². The largest absolute Gasteiger partial charge is 0.418 e. The standard InChI is InChI=1S/C25H23F6N3O.ClH/c1-22(2)7-9-23(10-8-22)13-19(34-35-23)21-32-18-12-14(11-17(20(18)33-21)25(29,30)31)15-5-3-4-6-16(15)24(26,27)28;/h3-6,11-12H,7-10,13H2,1-2H3,(H,32,33);1H. The van der Waals surface area contributed by atoms with E-state index in [1.54, 1.807) is 0 Å². The van der Waals surface area contributed by atoms with Gasteiger partial charge in [0.25, 0.3) is 0 Å². The maximum absolute atomic E-state index is 14.0. The van der Waals surface area contributed by atoms with E-state index in [4.69, 9.17) is 4.84 Å². The van der Waals surface area contributed by atoms with Crippen molar-refractivity contribution >= 4 is 29.2 Å². The Bertz CT molecular complexity index is 1320. The van der Waals surface area contributed by atoms with E-state index in [-0.39, 0.29) is 45.8 Å². The lowest BCUT2D eigenvalue weighted by Crippen LogP contribution is -2.37. The summed E-state index contributed by atoms with van der Waals surface area (Å²) in [4.78, 5) is 12.8. The quantitative estimate of drug-likeness (QED) is 0.339. The number of imidazole rings is 1. The molecule has 2 aromatic carbocycles. The monoisotopic (exact) mass is 531 g/mol. The summed E-state index contributed by atoms with van der Waals surface area (Å²) in [5.41, 5.74) is -2.94. The van der Waals surface area contributed by atoms with Crippen molar-refractivity contribution in [2.75, 3.05) is 0 Å². The summed E-state index contributed by atoms with van der Waals surface area (Å²) in [6.07, 6.45) is -5.70. The van der Waals surface area contributed by atoms with Crippen LogP contribution in [0.1, 0.15) is 62.9 Å². The second-order valence-electron chi connectivity index (χ2n) is 10.2. The number of rotatable bonds is 2. The van der Waals surface area contributed by atoms with Gasteiger partial charge in [0.2, 0.25) is 0 Å². The summed E-state index contributed by atoms with van der Waals surface area (Å²) in [5.74, 6) is 0.133. The highest BCUT2D eigenvalue weighted by molar-refractivity contribution is 6.01. The number of oxime groups is 1. The number of benzene rings is 2. The second-order valence-corrected chi connectivity index (χ2v) is 10.2. The molecule has 36 heavy (non-hydrogen) atoms. The van der Waals surface area contributed by atoms with Crippen molar-refractivity contribution in [3.8, 4) is 11.1 Å². The van der Waals surface area contributed by atoms with Crippen molar-refractivity contribution in [3.63, 3.8) is 0 Å². The Morgan fingerprint density at radius 1 is 0.889 bits per heavy atom. The van der Waals surface area contributed by atoms with Gasteiger partial charge in [0.15, 0.2) is 5.82 Å². The van der Waals surface area contributed by atoms with Crippen LogP contribution < -0.4 is 0 Å². The predicted molar refractivity (Wildman–Crippen MR) is 126 cm³/mol. The third-order valence-corrected chi connectivity index (χ3v) is 7.06. The fourth-order valence-corrected chi connectivity index (χ4v) is 4.91. The molecule has 0 saturated heterocycles. The van der Waals surface area contributed by atoms with E-state index in [0.717, 1.165) is 43.9 Å². The van der Waals surface area contributed by atoms with Gasteiger partial charge >= 0.3 is 12.4 Å². The molecule has 5 rings (SSSR count). The summed E-state index contributed by atoms with van der Waals surface area (Å²) in [6.45, 7) is 4.37. The molecule has 2 heterocycles.